The second kappa shape index (κ2) is 2.99. The van der Waals surface area contributed by atoms with E-state index in [1.807, 2.05) is 6.07 Å². The van der Waals surface area contributed by atoms with Gasteiger partial charge in [0.2, 0.25) is 0 Å². The van der Waals surface area contributed by atoms with Crippen LogP contribution < -0.4 is 0 Å². The van der Waals surface area contributed by atoms with Gasteiger partial charge in [-0.05, 0) is 32.4 Å². The van der Waals surface area contributed by atoms with E-state index in [0.717, 1.165) is 18.7 Å². The van der Waals surface area contributed by atoms with Crippen molar-refractivity contribution in [1.29, 1.82) is 0 Å². The molecule has 0 saturated carbocycles. The molecule has 0 aliphatic carbocycles. The van der Waals surface area contributed by atoms with Crippen molar-refractivity contribution in [3.63, 3.8) is 0 Å². The van der Waals surface area contributed by atoms with Gasteiger partial charge in [0.1, 0.15) is 5.75 Å². The molecular formula is C12H17NO. The van der Waals surface area contributed by atoms with Gasteiger partial charge in [0, 0.05) is 24.2 Å². The predicted molar refractivity (Wildman–Crippen MR) is 57.1 cm³/mol. The van der Waals surface area contributed by atoms with Crippen molar-refractivity contribution in [1.82, 2.24) is 4.90 Å². The molecule has 0 unspecified atom stereocenters. The molecule has 1 aromatic carbocycles. The van der Waals surface area contributed by atoms with Crippen LogP contribution >= 0.6 is 0 Å². The third-order valence-electron chi connectivity index (χ3n) is 2.91. The Bertz CT molecular complexity index is 352. The molecule has 0 radical (unpaired) electrons. The van der Waals surface area contributed by atoms with Gasteiger partial charge in [-0.15, -0.1) is 0 Å². The summed E-state index contributed by atoms with van der Waals surface area (Å²) < 4.78 is 0. The van der Waals surface area contributed by atoms with Crippen LogP contribution in [0.15, 0.2) is 18.2 Å². The van der Waals surface area contributed by atoms with E-state index in [1.165, 1.54) is 5.56 Å². The van der Waals surface area contributed by atoms with E-state index in [4.69, 9.17) is 0 Å². The molecule has 1 aromatic rings. The first kappa shape index (κ1) is 9.53. The maximum absolute atomic E-state index is 9.69. The van der Waals surface area contributed by atoms with E-state index in [9.17, 15) is 5.11 Å². The normalized spacial score (nSPS) is 17.1. The number of nitrogens with zero attached hydrogens (tertiary/aromatic N) is 1. The van der Waals surface area contributed by atoms with Gasteiger partial charge in [-0.2, -0.15) is 0 Å². The topological polar surface area (TPSA) is 23.5 Å². The fourth-order valence-corrected chi connectivity index (χ4v) is 1.88. The Balaban J connectivity index is 2.31. The molecule has 14 heavy (non-hydrogen) atoms. The summed E-state index contributed by atoms with van der Waals surface area (Å²) in [6.45, 7) is 8.43. The summed E-state index contributed by atoms with van der Waals surface area (Å²) in [7, 11) is 0. The van der Waals surface area contributed by atoms with E-state index in [2.05, 4.69) is 31.7 Å². The standard InChI is InChI=1S/C12H17NO/c1-12(2,3)13-7-9-5-4-6-11(14)10(9)8-13/h4-6,14H,7-8H2,1-3H3. The number of phenols is 1. The number of hydrogen-bond donors (Lipinski definition) is 1. The van der Waals surface area contributed by atoms with Gasteiger partial charge in [-0.25, -0.2) is 0 Å². The lowest BCUT2D eigenvalue weighted by atomic mass is 10.1. The van der Waals surface area contributed by atoms with Gasteiger partial charge in [0.15, 0.2) is 0 Å². The number of rotatable bonds is 0. The first-order chi connectivity index (χ1) is 6.48. The van der Waals surface area contributed by atoms with Gasteiger partial charge < -0.3 is 5.11 Å². The van der Waals surface area contributed by atoms with Gasteiger partial charge >= 0.3 is 0 Å². The summed E-state index contributed by atoms with van der Waals surface area (Å²) in [6, 6.07) is 5.78. The number of aromatic hydroxyl groups is 1. The van der Waals surface area contributed by atoms with Crippen molar-refractivity contribution in [2.45, 2.75) is 39.4 Å². The smallest absolute Gasteiger partial charge is 0.120 e. The highest BCUT2D eigenvalue weighted by atomic mass is 16.3. The minimum Gasteiger partial charge on any atom is -0.508 e. The predicted octanol–water partition coefficient (Wildman–Crippen LogP) is 2.51. The highest BCUT2D eigenvalue weighted by Crippen LogP contribution is 2.33. The third kappa shape index (κ3) is 1.50. The van der Waals surface area contributed by atoms with Crippen molar-refractivity contribution in [3.05, 3.63) is 29.3 Å². The molecule has 0 spiro atoms. The zero-order chi connectivity index (χ0) is 10.3. The van der Waals surface area contributed by atoms with Crippen LogP contribution in [-0.2, 0) is 13.1 Å². The van der Waals surface area contributed by atoms with E-state index in [1.54, 1.807) is 6.07 Å². The maximum Gasteiger partial charge on any atom is 0.120 e. The minimum absolute atomic E-state index is 0.172. The van der Waals surface area contributed by atoms with Crippen LogP contribution in [0, 0.1) is 0 Å². The van der Waals surface area contributed by atoms with Crippen molar-refractivity contribution < 1.29 is 5.11 Å². The molecule has 2 nitrogen and oxygen atoms in total. The Kier molecular flexibility index (Phi) is 2.04. The molecule has 0 saturated heterocycles. The molecule has 76 valence electrons. The Morgan fingerprint density at radius 2 is 1.93 bits per heavy atom. The number of benzene rings is 1. The summed E-state index contributed by atoms with van der Waals surface area (Å²) in [5, 5.41) is 9.69. The molecule has 0 bridgehead atoms. The lowest BCUT2D eigenvalue weighted by molar-refractivity contribution is 0.136. The van der Waals surface area contributed by atoms with Gasteiger partial charge in [-0.1, -0.05) is 12.1 Å². The summed E-state index contributed by atoms with van der Waals surface area (Å²) in [6.07, 6.45) is 0. The molecule has 1 heterocycles. The van der Waals surface area contributed by atoms with Crippen LogP contribution in [0.25, 0.3) is 0 Å². The quantitative estimate of drug-likeness (QED) is 0.681. The van der Waals surface area contributed by atoms with E-state index >= 15 is 0 Å². The molecule has 1 aliphatic heterocycles. The zero-order valence-electron chi connectivity index (χ0n) is 9.04. The first-order valence-corrected chi connectivity index (χ1v) is 5.03. The maximum atomic E-state index is 9.69. The molecule has 1 aliphatic rings. The average molecular weight is 191 g/mol. The molecular weight excluding hydrogens is 174 g/mol. The minimum atomic E-state index is 0.172. The van der Waals surface area contributed by atoms with E-state index in [0.29, 0.717) is 5.75 Å². The SMILES string of the molecule is CC(C)(C)N1Cc2cccc(O)c2C1. The molecule has 1 N–H and O–H groups in total. The average Bonchev–Trinajstić information content (AvgIpc) is 2.48. The highest BCUT2D eigenvalue weighted by Gasteiger charge is 2.29. The van der Waals surface area contributed by atoms with Gasteiger partial charge in [0.05, 0.1) is 0 Å². The summed E-state index contributed by atoms with van der Waals surface area (Å²) >= 11 is 0. The third-order valence-corrected chi connectivity index (χ3v) is 2.91. The molecule has 0 atom stereocenters. The lowest BCUT2D eigenvalue weighted by Crippen LogP contribution is -2.36. The van der Waals surface area contributed by atoms with Crippen molar-refractivity contribution in [2.24, 2.45) is 0 Å². The monoisotopic (exact) mass is 191 g/mol. The van der Waals surface area contributed by atoms with E-state index in [-0.39, 0.29) is 5.54 Å². The Hall–Kier alpha value is -1.02. The number of phenolic OH excluding ortho intramolecular Hbond substituents is 1. The Morgan fingerprint density at radius 3 is 2.50 bits per heavy atom. The van der Waals surface area contributed by atoms with Gasteiger partial charge in [-0.3, -0.25) is 4.90 Å². The molecule has 2 heteroatoms. The summed E-state index contributed by atoms with van der Waals surface area (Å²) in [5.74, 6) is 0.439. The highest BCUT2D eigenvalue weighted by molar-refractivity contribution is 5.41. The van der Waals surface area contributed by atoms with Crippen LogP contribution in [0.1, 0.15) is 31.9 Å². The zero-order valence-corrected chi connectivity index (χ0v) is 9.04. The fraction of sp³-hybridized carbons (Fsp3) is 0.500. The second-order valence-electron chi connectivity index (χ2n) is 4.94. The lowest BCUT2D eigenvalue weighted by Gasteiger charge is -2.31. The van der Waals surface area contributed by atoms with Crippen molar-refractivity contribution in [2.75, 3.05) is 0 Å². The Labute approximate surface area is 85.2 Å². The van der Waals surface area contributed by atoms with Gasteiger partial charge in [0.25, 0.3) is 0 Å². The largest absolute Gasteiger partial charge is 0.508 e. The summed E-state index contributed by atoms with van der Waals surface area (Å²) in [5.41, 5.74) is 2.54. The molecule has 0 amide bonds. The number of hydrogen-bond acceptors (Lipinski definition) is 2. The van der Waals surface area contributed by atoms with E-state index < -0.39 is 0 Å². The first-order valence-electron chi connectivity index (χ1n) is 5.03. The Morgan fingerprint density at radius 1 is 1.21 bits per heavy atom. The second-order valence-corrected chi connectivity index (χ2v) is 4.94. The van der Waals surface area contributed by atoms with Crippen LogP contribution in [0.5, 0.6) is 5.75 Å². The van der Waals surface area contributed by atoms with Crippen molar-refractivity contribution in [3.8, 4) is 5.75 Å². The number of fused-ring (bicyclic) bond motifs is 1. The fourth-order valence-electron chi connectivity index (χ4n) is 1.88. The van der Waals surface area contributed by atoms with Crippen molar-refractivity contribution >= 4 is 0 Å². The van der Waals surface area contributed by atoms with Crippen LogP contribution in [0.2, 0.25) is 0 Å². The molecule has 0 aromatic heterocycles. The molecule has 0 fully saturated rings. The molecule has 2 rings (SSSR count). The van der Waals surface area contributed by atoms with Crippen LogP contribution in [-0.4, -0.2) is 15.5 Å². The van der Waals surface area contributed by atoms with Crippen LogP contribution in [0.3, 0.4) is 0 Å². The summed E-state index contributed by atoms with van der Waals surface area (Å²) in [4.78, 5) is 2.37. The van der Waals surface area contributed by atoms with Crippen LogP contribution in [0.4, 0.5) is 0 Å².